The summed E-state index contributed by atoms with van der Waals surface area (Å²) < 4.78 is 5.65. The van der Waals surface area contributed by atoms with Crippen LogP contribution in [0.2, 0.25) is 0 Å². The lowest BCUT2D eigenvalue weighted by molar-refractivity contribution is 0.0524. The molecular weight excluding hydrogens is 286 g/mol. The summed E-state index contributed by atoms with van der Waals surface area (Å²) in [6.45, 7) is 5.94. The number of ether oxygens (including phenoxy) is 1. The fourth-order valence-electron chi connectivity index (χ4n) is 4.00. The first-order valence-corrected chi connectivity index (χ1v) is 9.10. The number of likely N-dealkylation sites (N-methyl/N-ethyl adjacent to an activating group) is 1. The summed E-state index contributed by atoms with van der Waals surface area (Å²) in [5.41, 5.74) is 1.39. The molecule has 1 aliphatic carbocycles. The molecule has 0 spiro atoms. The third kappa shape index (κ3) is 5.01. The van der Waals surface area contributed by atoms with Crippen molar-refractivity contribution in [3.05, 3.63) is 35.9 Å². The van der Waals surface area contributed by atoms with Gasteiger partial charge in [0, 0.05) is 38.3 Å². The van der Waals surface area contributed by atoms with Gasteiger partial charge in [-0.3, -0.25) is 0 Å². The van der Waals surface area contributed by atoms with Crippen LogP contribution in [0.15, 0.2) is 30.3 Å². The minimum absolute atomic E-state index is 0.547. The number of nitrogens with zero attached hydrogens (tertiary/aromatic N) is 1. The highest BCUT2D eigenvalue weighted by molar-refractivity contribution is 5.14. The highest BCUT2D eigenvalue weighted by Gasteiger charge is 2.34. The van der Waals surface area contributed by atoms with Crippen molar-refractivity contribution in [2.75, 3.05) is 39.9 Å². The number of benzene rings is 1. The van der Waals surface area contributed by atoms with E-state index in [4.69, 9.17) is 4.74 Å². The van der Waals surface area contributed by atoms with Crippen molar-refractivity contribution in [3.63, 3.8) is 0 Å². The van der Waals surface area contributed by atoms with Crippen LogP contribution >= 0.6 is 0 Å². The summed E-state index contributed by atoms with van der Waals surface area (Å²) in [5.74, 6) is 0.731. The Labute approximate surface area is 140 Å². The first-order valence-electron chi connectivity index (χ1n) is 9.10. The summed E-state index contributed by atoms with van der Waals surface area (Å²) in [6, 6.07) is 11.9. The molecule has 1 aliphatic heterocycles. The van der Waals surface area contributed by atoms with Crippen molar-refractivity contribution >= 4 is 0 Å². The molecule has 3 rings (SSSR count). The topological polar surface area (TPSA) is 36.5 Å². The lowest BCUT2D eigenvalue weighted by Crippen LogP contribution is -2.51. The van der Waals surface area contributed by atoms with Crippen LogP contribution < -0.4 is 10.6 Å². The molecule has 0 aromatic heterocycles. The normalized spacial score (nSPS) is 28.3. The molecule has 1 heterocycles. The molecule has 4 heteroatoms. The molecule has 4 nitrogen and oxygen atoms in total. The third-order valence-electron chi connectivity index (χ3n) is 5.23. The monoisotopic (exact) mass is 317 g/mol. The summed E-state index contributed by atoms with van der Waals surface area (Å²) in [5, 5.41) is 7.46. The van der Waals surface area contributed by atoms with Crippen molar-refractivity contribution in [3.8, 4) is 0 Å². The SMILES string of the molecule is CN(CCNC1CCCC1C1COCCN1)Cc1ccccc1. The fourth-order valence-corrected chi connectivity index (χ4v) is 4.00. The second-order valence-corrected chi connectivity index (χ2v) is 7.01. The van der Waals surface area contributed by atoms with E-state index >= 15 is 0 Å². The van der Waals surface area contributed by atoms with E-state index in [1.165, 1.54) is 24.8 Å². The maximum atomic E-state index is 5.65. The van der Waals surface area contributed by atoms with E-state index in [2.05, 4.69) is 52.9 Å². The standard InChI is InChI=1S/C19H31N3O/c1-22(14-16-6-3-2-4-7-16)12-10-20-18-9-5-8-17(18)19-15-23-13-11-21-19/h2-4,6-7,17-21H,5,8-15H2,1H3. The average molecular weight is 317 g/mol. The largest absolute Gasteiger partial charge is 0.379 e. The zero-order valence-electron chi connectivity index (χ0n) is 14.3. The zero-order valence-corrected chi connectivity index (χ0v) is 14.3. The van der Waals surface area contributed by atoms with Crippen LogP contribution in [0.3, 0.4) is 0 Å². The van der Waals surface area contributed by atoms with E-state index in [-0.39, 0.29) is 0 Å². The molecule has 128 valence electrons. The molecule has 1 aromatic rings. The molecule has 2 fully saturated rings. The molecule has 1 saturated carbocycles. The number of hydrogen-bond acceptors (Lipinski definition) is 4. The van der Waals surface area contributed by atoms with E-state index < -0.39 is 0 Å². The molecule has 1 saturated heterocycles. The number of morpholine rings is 1. The van der Waals surface area contributed by atoms with E-state index in [0.29, 0.717) is 12.1 Å². The van der Waals surface area contributed by atoms with Crippen LogP contribution in [0.25, 0.3) is 0 Å². The van der Waals surface area contributed by atoms with Gasteiger partial charge in [-0.05, 0) is 31.4 Å². The first kappa shape index (κ1) is 16.9. The maximum absolute atomic E-state index is 5.65. The molecule has 2 N–H and O–H groups in total. The van der Waals surface area contributed by atoms with Crippen LogP contribution in [-0.2, 0) is 11.3 Å². The van der Waals surface area contributed by atoms with Crippen molar-refractivity contribution < 1.29 is 4.74 Å². The minimum Gasteiger partial charge on any atom is -0.379 e. The second kappa shape index (κ2) is 8.78. The van der Waals surface area contributed by atoms with Crippen LogP contribution in [0.1, 0.15) is 24.8 Å². The molecule has 0 amide bonds. The molecule has 3 atom stereocenters. The van der Waals surface area contributed by atoms with Crippen LogP contribution in [0.5, 0.6) is 0 Å². The van der Waals surface area contributed by atoms with Crippen molar-refractivity contribution in [1.29, 1.82) is 0 Å². The highest BCUT2D eigenvalue weighted by atomic mass is 16.5. The van der Waals surface area contributed by atoms with Gasteiger partial charge in [-0.1, -0.05) is 36.8 Å². The molecule has 0 radical (unpaired) electrons. The Morgan fingerprint density at radius 1 is 1.26 bits per heavy atom. The summed E-state index contributed by atoms with van der Waals surface area (Å²) in [7, 11) is 2.21. The Hall–Kier alpha value is -0.940. The number of rotatable bonds is 7. The molecule has 1 aromatic carbocycles. The number of nitrogens with one attached hydrogen (secondary N) is 2. The molecule has 3 unspecified atom stereocenters. The van der Waals surface area contributed by atoms with Gasteiger partial charge in [0.1, 0.15) is 0 Å². The minimum atomic E-state index is 0.547. The van der Waals surface area contributed by atoms with Crippen LogP contribution in [-0.4, -0.2) is 56.9 Å². The van der Waals surface area contributed by atoms with E-state index in [1.54, 1.807) is 0 Å². The summed E-state index contributed by atoms with van der Waals surface area (Å²) >= 11 is 0. The van der Waals surface area contributed by atoms with Gasteiger partial charge in [0.2, 0.25) is 0 Å². The van der Waals surface area contributed by atoms with Gasteiger partial charge >= 0.3 is 0 Å². The predicted octanol–water partition coefficient (Wildman–Crippen LogP) is 1.87. The van der Waals surface area contributed by atoms with Gasteiger partial charge in [0.05, 0.1) is 13.2 Å². The van der Waals surface area contributed by atoms with Gasteiger partial charge in [-0.2, -0.15) is 0 Å². The Morgan fingerprint density at radius 3 is 2.91 bits per heavy atom. The van der Waals surface area contributed by atoms with E-state index in [9.17, 15) is 0 Å². The quantitative estimate of drug-likeness (QED) is 0.805. The molecular formula is C19H31N3O. The van der Waals surface area contributed by atoms with Crippen LogP contribution in [0.4, 0.5) is 0 Å². The van der Waals surface area contributed by atoms with E-state index in [0.717, 1.165) is 45.3 Å². The van der Waals surface area contributed by atoms with E-state index in [1.807, 2.05) is 0 Å². The lowest BCUT2D eigenvalue weighted by atomic mass is 9.94. The average Bonchev–Trinajstić information content (AvgIpc) is 3.05. The summed E-state index contributed by atoms with van der Waals surface area (Å²) in [4.78, 5) is 2.40. The molecule has 2 aliphatic rings. The van der Waals surface area contributed by atoms with Crippen LogP contribution in [0, 0.1) is 5.92 Å². The highest BCUT2D eigenvalue weighted by Crippen LogP contribution is 2.29. The molecule has 0 bridgehead atoms. The Morgan fingerprint density at radius 2 is 2.13 bits per heavy atom. The van der Waals surface area contributed by atoms with Gasteiger partial charge < -0.3 is 20.3 Å². The Balaban J connectivity index is 1.39. The second-order valence-electron chi connectivity index (χ2n) is 7.01. The van der Waals surface area contributed by atoms with Crippen molar-refractivity contribution in [1.82, 2.24) is 15.5 Å². The molecule has 23 heavy (non-hydrogen) atoms. The smallest absolute Gasteiger partial charge is 0.0623 e. The Kier molecular flexibility index (Phi) is 6.46. The van der Waals surface area contributed by atoms with Crippen molar-refractivity contribution in [2.45, 2.75) is 37.9 Å². The lowest BCUT2D eigenvalue weighted by Gasteiger charge is -2.33. The van der Waals surface area contributed by atoms with Gasteiger partial charge in [-0.15, -0.1) is 0 Å². The fraction of sp³-hybridized carbons (Fsp3) is 0.684. The van der Waals surface area contributed by atoms with Crippen molar-refractivity contribution in [2.24, 2.45) is 5.92 Å². The third-order valence-corrected chi connectivity index (χ3v) is 5.23. The predicted molar refractivity (Wildman–Crippen MR) is 94.5 cm³/mol. The number of hydrogen-bond donors (Lipinski definition) is 2. The van der Waals surface area contributed by atoms with Gasteiger partial charge in [-0.25, -0.2) is 0 Å². The van der Waals surface area contributed by atoms with Gasteiger partial charge in [0.25, 0.3) is 0 Å². The maximum Gasteiger partial charge on any atom is 0.0623 e. The van der Waals surface area contributed by atoms with Gasteiger partial charge in [0.15, 0.2) is 0 Å². The first-order chi connectivity index (χ1) is 11.3. The Bertz CT molecular complexity index is 447. The zero-order chi connectivity index (χ0) is 15.9. The summed E-state index contributed by atoms with van der Waals surface area (Å²) in [6.07, 6.45) is 3.99.